The minimum Gasteiger partial charge on any atom is -0.497 e. The highest BCUT2D eigenvalue weighted by atomic mass is 31.2. The summed E-state index contributed by atoms with van der Waals surface area (Å²) in [5, 5.41) is 4.91. The van der Waals surface area contributed by atoms with Gasteiger partial charge in [0.05, 0.1) is 24.9 Å². The molecule has 3 N–H and O–H groups in total. The molecular weight excluding hydrogens is 417 g/mol. The first kappa shape index (κ1) is 22.0. The number of benzene rings is 3. The fourth-order valence-electron chi connectivity index (χ4n) is 3.70. The van der Waals surface area contributed by atoms with Gasteiger partial charge in [-0.15, -0.1) is 0 Å². The van der Waals surface area contributed by atoms with Gasteiger partial charge in [0.25, 0.3) is 0 Å². The summed E-state index contributed by atoms with van der Waals surface area (Å²) in [5.41, 5.74) is 8.34. The summed E-state index contributed by atoms with van der Waals surface area (Å²) in [4.78, 5) is 4.47. The number of methoxy groups -OCH3 is 1. The van der Waals surface area contributed by atoms with Gasteiger partial charge >= 0.3 is 0 Å². The third-order valence-electron chi connectivity index (χ3n) is 5.41. The molecule has 5 nitrogen and oxygen atoms in total. The summed E-state index contributed by atoms with van der Waals surface area (Å²) >= 11 is 0. The maximum atomic E-state index is 14.6. The third-order valence-corrected chi connectivity index (χ3v) is 8.10. The summed E-state index contributed by atoms with van der Waals surface area (Å²) in [6, 6.07) is 31.4. The Balaban J connectivity index is 1.82. The Kier molecular flexibility index (Phi) is 6.81. The topological polar surface area (TPSA) is 77.2 Å². The van der Waals surface area contributed by atoms with E-state index in [0.29, 0.717) is 11.4 Å². The second kappa shape index (κ2) is 9.92. The van der Waals surface area contributed by atoms with Crippen molar-refractivity contribution in [3.63, 3.8) is 0 Å². The van der Waals surface area contributed by atoms with Crippen molar-refractivity contribution in [1.82, 2.24) is 10.1 Å². The van der Waals surface area contributed by atoms with Crippen molar-refractivity contribution >= 4 is 17.9 Å². The number of nitrogens with two attached hydrogens (primary N) is 1. The Bertz CT molecular complexity index is 1140. The standard InChI is InChI=1S/C26H26N3O2P/c1-31-21-17-18-28-24(19-21)25(27)26(20-11-5-2-6-12-20)29-32(30,22-13-7-3-8-14-22)23-15-9-4-10-16-23/h2-19,25-26H,27H2,1H3,(H,29,30)/t25-,26+/m0/s1. The highest BCUT2D eigenvalue weighted by Gasteiger charge is 2.34. The van der Waals surface area contributed by atoms with E-state index in [9.17, 15) is 4.57 Å². The van der Waals surface area contributed by atoms with Crippen molar-refractivity contribution in [3.8, 4) is 5.75 Å². The second-order valence-corrected chi connectivity index (χ2v) is 9.95. The van der Waals surface area contributed by atoms with E-state index in [1.54, 1.807) is 19.4 Å². The molecule has 0 aliphatic rings. The van der Waals surface area contributed by atoms with E-state index in [-0.39, 0.29) is 0 Å². The van der Waals surface area contributed by atoms with E-state index < -0.39 is 19.4 Å². The van der Waals surface area contributed by atoms with Gasteiger partial charge in [0.2, 0.25) is 7.29 Å². The monoisotopic (exact) mass is 443 g/mol. The molecule has 0 spiro atoms. The Morgan fingerprint density at radius 3 is 1.91 bits per heavy atom. The molecule has 4 rings (SSSR count). The Morgan fingerprint density at radius 2 is 1.38 bits per heavy atom. The van der Waals surface area contributed by atoms with Gasteiger partial charge in [-0.2, -0.15) is 0 Å². The van der Waals surface area contributed by atoms with E-state index >= 15 is 0 Å². The van der Waals surface area contributed by atoms with Crippen molar-refractivity contribution in [3.05, 3.63) is 121 Å². The molecule has 162 valence electrons. The van der Waals surface area contributed by atoms with Crippen LogP contribution in [0.15, 0.2) is 109 Å². The first-order valence-electron chi connectivity index (χ1n) is 10.4. The van der Waals surface area contributed by atoms with Crippen LogP contribution in [-0.2, 0) is 4.57 Å². The van der Waals surface area contributed by atoms with Gasteiger partial charge in [0.15, 0.2) is 0 Å². The molecule has 32 heavy (non-hydrogen) atoms. The van der Waals surface area contributed by atoms with E-state index in [2.05, 4.69) is 10.1 Å². The maximum Gasteiger partial charge on any atom is 0.205 e. The van der Waals surface area contributed by atoms with Crippen molar-refractivity contribution in [2.45, 2.75) is 12.1 Å². The quantitative estimate of drug-likeness (QED) is 0.396. The van der Waals surface area contributed by atoms with Crippen molar-refractivity contribution < 1.29 is 9.30 Å². The van der Waals surface area contributed by atoms with E-state index in [4.69, 9.17) is 10.5 Å². The molecular formula is C26H26N3O2P. The zero-order valence-electron chi connectivity index (χ0n) is 17.8. The highest BCUT2D eigenvalue weighted by Crippen LogP contribution is 2.44. The highest BCUT2D eigenvalue weighted by molar-refractivity contribution is 7.76. The van der Waals surface area contributed by atoms with Crippen LogP contribution >= 0.6 is 7.29 Å². The van der Waals surface area contributed by atoms with Gasteiger partial charge < -0.3 is 10.5 Å². The third kappa shape index (κ3) is 4.66. The molecule has 2 atom stereocenters. The number of aromatic nitrogens is 1. The molecule has 0 bridgehead atoms. The predicted molar refractivity (Wildman–Crippen MR) is 130 cm³/mol. The van der Waals surface area contributed by atoms with Crippen LogP contribution in [0, 0.1) is 0 Å². The second-order valence-electron chi connectivity index (χ2n) is 7.44. The smallest absolute Gasteiger partial charge is 0.205 e. The van der Waals surface area contributed by atoms with Crippen molar-refractivity contribution in [2.75, 3.05) is 7.11 Å². The Labute approximate surface area is 188 Å². The lowest BCUT2D eigenvalue weighted by Crippen LogP contribution is -2.36. The Morgan fingerprint density at radius 1 is 0.844 bits per heavy atom. The number of ether oxygens (including phenoxy) is 1. The number of hydrogen-bond donors (Lipinski definition) is 2. The fourth-order valence-corrected chi connectivity index (χ4v) is 6.18. The van der Waals surface area contributed by atoms with Crippen LogP contribution in [0.25, 0.3) is 0 Å². The van der Waals surface area contributed by atoms with Crippen LogP contribution in [0.1, 0.15) is 23.3 Å². The summed E-state index contributed by atoms with van der Waals surface area (Å²) < 4.78 is 20.0. The molecule has 3 aromatic carbocycles. The molecule has 0 saturated heterocycles. The summed E-state index contributed by atoms with van der Waals surface area (Å²) in [5.74, 6) is 0.673. The van der Waals surface area contributed by atoms with Crippen LogP contribution in [0.5, 0.6) is 5.75 Å². The lowest BCUT2D eigenvalue weighted by Gasteiger charge is -2.31. The first-order chi connectivity index (χ1) is 15.6. The lowest BCUT2D eigenvalue weighted by atomic mass is 9.98. The van der Waals surface area contributed by atoms with Crippen LogP contribution < -0.4 is 26.2 Å². The molecule has 4 aromatic rings. The van der Waals surface area contributed by atoms with Gasteiger partial charge in [-0.3, -0.25) is 14.6 Å². The fraction of sp³-hybridized carbons (Fsp3) is 0.115. The molecule has 0 unspecified atom stereocenters. The van der Waals surface area contributed by atoms with Gasteiger partial charge in [-0.05, 0) is 35.9 Å². The average Bonchev–Trinajstić information content (AvgIpc) is 2.88. The molecule has 0 amide bonds. The molecule has 0 radical (unpaired) electrons. The summed E-state index contributed by atoms with van der Waals surface area (Å²) in [6.07, 6.45) is 1.67. The van der Waals surface area contributed by atoms with Gasteiger partial charge in [-0.25, -0.2) is 0 Å². The number of nitrogens with zero attached hydrogens (tertiary/aromatic N) is 1. The molecule has 0 aliphatic carbocycles. The first-order valence-corrected chi connectivity index (χ1v) is 12.1. The number of hydrogen-bond acceptors (Lipinski definition) is 4. The van der Waals surface area contributed by atoms with Gasteiger partial charge in [-0.1, -0.05) is 66.7 Å². The predicted octanol–water partition coefficient (Wildman–Crippen LogP) is 4.35. The van der Waals surface area contributed by atoms with Crippen LogP contribution in [0.4, 0.5) is 0 Å². The maximum absolute atomic E-state index is 14.6. The van der Waals surface area contributed by atoms with E-state index in [1.165, 1.54) is 0 Å². The zero-order chi connectivity index (χ0) is 22.4. The van der Waals surface area contributed by atoms with Crippen molar-refractivity contribution in [1.29, 1.82) is 0 Å². The normalized spacial score (nSPS) is 13.3. The zero-order valence-corrected chi connectivity index (χ0v) is 18.7. The van der Waals surface area contributed by atoms with Crippen molar-refractivity contribution in [2.24, 2.45) is 5.73 Å². The van der Waals surface area contributed by atoms with E-state index in [1.807, 2.05) is 97.1 Å². The molecule has 0 saturated carbocycles. The number of pyridine rings is 1. The van der Waals surface area contributed by atoms with Gasteiger partial charge in [0, 0.05) is 22.9 Å². The average molecular weight is 443 g/mol. The van der Waals surface area contributed by atoms with Crippen LogP contribution in [0.2, 0.25) is 0 Å². The molecule has 1 heterocycles. The van der Waals surface area contributed by atoms with Crippen LogP contribution in [-0.4, -0.2) is 12.1 Å². The summed E-state index contributed by atoms with van der Waals surface area (Å²) in [6.45, 7) is 0. The molecule has 0 aliphatic heterocycles. The summed E-state index contributed by atoms with van der Waals surface area (Å²) in [7, 11) is -1.62. The number of rotatable bonds is 8. The minimum atomic E-state index is -3.23. The molecule has 6 heteroatoms. The number of nitrogens with one attached hydrogen (secondary N) is 1. The van der Waals surface area contributed by atoms with Gasteiger partial charge in [0.1, 0.15) is 5.75 Å². The minimum absolute atomic E-state index is 0.456. The SMILES string of the molecule is COc1ccnc([C@H](N)[C@H](NP(=O)(c2ccccc2)c2ccccc2)c2ccccc2)c1. The Hall–Kier alpha value is -3.24. The molecule has 1 aromatic heterocycles. The van der Waals surface area contributed by atoms with E-state index in [0.717, 1.165) is 16.2 Å². The largest absolute Gasteiger partial charge is 0.497 e. The lowest BCUT2D eigenvalue weighted by molar-refractivity contribution is 0.411. The molecule has 0 fully saturated rings. The van der Waals surface area contributed by atoms with Crippen LogP contribution in [0.3, 0.4) is 0 Å².